The van der Waals surface area contributed by atoms with Crippen molar-refractivity contribution in [2.45, 2.75) is 19.8 Å². The lowest BCUT2D eigenvalue weighted by Crippen LogP contribution is -2.16. The fourth-order valence-corrected chi connectivity index (χ4v) is 1.92. The van der Waals surface area contributed by atoms with Crippen molar-refractivity contribution in [3.05, 3.63) is 27.3 Å². The molecule has 104 valence electrons. The molecule has 0 aliphatic rings. The zero-order chi connectivity index (χ0) is 14.3. The molecule has 0 spiro atoms. The summed E-state index contributed by atoms with van der Waals surface area (Å²) in [5.74, 6) is -1.31. The summed E-state index contributed by atoms with van der Waals surface area (Å²) in [6, 6.07) is 4.86. The number of hydrogen-bond donors (Lipinski definition) is 2. The van der Waals surface area contributed by atoms with Gasteiger partial charge in [-0.3, -0.25) is 4.79 Å². The number of nitrogens with one attached hydrogen (secondary N) is 1. The van der Waals surface area contributed by atoms with E-state index in [2.05, 4.69) is 5.32 Å². The molecule has 5 nitrogen and oxygen atoms in total. The molecule has 0 radical (unpaired) electrons. The fraction of sp³-hybridized carbons (Fsp3) is 0.385. The SMILES string of the molecule is CCCOCCC(=O)Nc1ccc(I)cc1C(=O)O. The molecule has 0 aromatic heterocycles. The van der Waals surface area contributed by atoms with Gasteiger partial charge in [0.1, 0.15) is 0 Å². The molecule has 0 unspecified atom stereocenters. The van der Waals surface area contributed by atoms with E-state index in [1.54, 1.807) is 12.1 Å². The number of halogens is 1. The van der Waals surface area contributed by atoms with E-state index in [0.717, 1.165) is 9.99 Å². The third-order valence-electron chi connectivity index (χ3n) is 2.31. The highest BCUT2D eigenvalue weighted by Gasteiger charge is 2.12. The quantitative estimate of drug-likeness (QED) is 0.566. The summed E-state index contributed by atoms with van der Waals surface area (Å²) in [4.78, 5) is 22.7. The number of carboxylic acid groups (broad SMARTS) is 1. The van der Waals surface area contributed by atoms with Gasteiger partial charge in [-0.05, 0) is 47.2 Å². The first-order valence-corrected chi connectivity index (χ1v) is 7.03. The van der Waals surface area contributed by atoms with Crippen LogP contribution in [0.5, 0.6) is 0 Å². The first kappa shape index (κ1) is 15.9. The minimum Gasteiger partial charge on any atom is -0.478 e. The second kappa shape index (κ2) is 8.11. The van der Waals surface area contributed by atoms with Crippen LogP contribution in [0, 0.1) is 3.57 Å². The van der Waals surface area contributed by atoms with Crippen LogP contribution < -0.4 is 5.32 Å². The van der Waals surface area contributed by atoms with Crippen molar-refractivity contribution in [3.63, 3.8) is 0 Å². The molecule has 2 N–H and O–H groups in total. The number of aromatic carboxylic acids is 1. The van der Waals surface area contributed by atoms with Crippen LogP contribution in [0.1, 0.15) is 30.1 Å². The summed E-state index contributed by atoms with van der Waals surface area (Å²) in [7, 11) is 0. The van der Waals surface area contributed by atoms with Gasteiger partial charge in [0.2, 0.25) is 5.91 Å². The summed E-state index contributed by atoms with van der Waals surface area (Å²) in [5.41, 5.74) is 0.406. The molecule has 1 aromatic rings. The van der Waals surface area contributed by atoms with Gasteiger partial charge in [-0.2, -0.15) is 0 Å². The molecule has 0 fully saturated rings. The number of carbonyl (C=O) groups is 2. The van der Waals surface area contributed by atoms with Crippen molar-refractivity contribution < 1.29 is 19.4 Å². The third kappa shape index (κ3) is 5.56. The van der Waals surface area contributed by atoms with Crippen LogP contribution in [0.15, 0.2) is 18.2 Å². The van der Waals surface area contributed by atoms with Gasteiger partial charge >= 0.3 is 5.97 Å². The Hall–Kier alpha value is -1.15. The molecular weight excluding hydrogens is 361 g/mol. The van der Waals surface area contributed by atoms with Gasteiger partial charge in [-0.15, -0.1) is 0 Å². The Morgan fingerprint density at radius 3 is 2.74 bits per heavy atom. The predicted octanol–water partition coefficient (Wildman–Crippen LogP) is 2.74. The van der Waals surface area contributed by atoms with Crippen molar-refractivity contribution in [2.75, 3.05) is 18.5 Å². The van der Waals surface area contributed by atoms with E-state index in [-0.39, 0.29) is 17.9 Å². The molecule has 1 amide bonds. The number of benzene rings is 1. The van der Waals surface area contributed by atoms with Crippen molar-refractivity contribution >= 4 is 40.2 Å². The summed E-state index contributed by atoms with van der Waals surface area (Å²) in [5, 5.41) is 11.7. The highest BCUT2D eigenvalue weighted by Crippen LogP contribution is 2.19. The number of ether oxygens (including phenoxy) is 1. The monoisotopic (exact) mass is 377 g/mol. The van der Waals surface area contributed by atoms with Crippen molar-refractivity contribution in [3.8, 4) is 0 Å². The van der Waals surface area contributed by atoms with Crippen LogP contribution >= 0.6 is 22.6 Å². The summed E-state index contributed by atoms with van der Waals surface area (Å²) in [6.45, 7) is 2.95. The minimum absolute atomic E-state index is 0.0923. The van der Waals surface area contributed by atoms with Crippen LogP contribution in [-0.4, -0.2) is 30.2 Å². The van der Waals surface area contributed by atoms with E-state index in [1.165, 1.54) is 6.07 Å². The summed E-state index contributed by atoms with van der Waals surface area (Å²) < 4.78 is 6.01. The average molecular weight is 377 g/mol. The van der Waals surface area contributed by atoms with Gasteiger partial charge in [0.05, 0.1) is 24.3 Å². The maximum Gasteiger partial charge on any atom is 0.337 e. The molecule has 1 rings (SSSR count). The number of carboxylic acids is 1. The second-order valence-corrected chi connectivity index (χ2v) is 5.15. The van der Waals surface area contributed by atoms with Crippen molar-refractivity contribution in [2.24, 2.45) is 0 Å². The van der Waals surface area contributed by atoms with Crippen LogP contribution in [0.4, 0.5) is 5.69 Å². The molecule has 0 saturated heterocycles. The van der Waals surface area contributed by atoms with E-state index in [4.69, 9.17) is 9.84 Å². The highest BCUT2D eigenvalue weighted by molar-refractivity contribution is 14.1. The normalized spacial score (nSPS) is 10.2. The van der Waals surface area contributed by atoms with Gasteiger partial charge < -0.3 is 15.2 Å². The Kier molecular flexibility index (Phi) is 6.79. The first-order valence-electron chi connectivity index (χ1n) is 5.95. The Labute approximate surface area is 125 Å². The van der Waals surface area contributed by atoms with E-state index < -0.39 is 5.97 Å². The Morgan fingerprint density at radius 1 is 1.37 bits per heavy atom. The fourth-order valence-electron chi connectivity index (χ4n) is 1.43. The molecule has 0 saturated carbocycles. The number of carbonyl (C=O) groups excluding carboxylic acids is 1. The van der Waals surface area contributed by atoms with Crippen LogP contribution in [0.2, 0.25) is 0 Å². The summed E-state index contributed by atoms with van der Waals surface area (Å²) >= 11 is 2.02. The zero-order valence-corrected chi connectivity index (χ0v) is 12.8. The third-order valence-corrected chi connectivity index (χ3v) is 2.98. The van der Waals surface area contributed by atoms with Crippen LogP contribution in [0.3, 0.4) is 0 Å². The lowest BCUT2D eigenvalue weighted by Gasteiger charge is -2.09. The highest BCUT2D eigenvalue weighted by atomic mass is 127. The average Bonchev–Trinajstić information content (AvgIpc) is 2.36. The first-order chi connectivity index (χ1) is 9.04. The van der Waals surface area contributed by atoms with Gasteiger partial charge in [0.25, 0.3) is 0 Å². The molecule has 1 aromatic carbocycles. The number of amides is 1. The standard InChI is InChI=1S/C13H16INO4/c1-2-6-19-7-5-12(16)15-11-4-3-9(14)8-10(11)13(17)18/h3-4,8H,2,5-7H2,1H3,(H,15,16)(H,17,18). The molecule has 19 heavy (non-hydrogen) atoms. The number of anilines is 1. The maximum absolute atomic E-state index is 11.6. The number of rotatable bonds is 7. The van der Waals surface area contributed by atoms with Gasteiger partial charge in [-0.1, -0.05) is 6.92 Å². The molecule has 0 heterocycles. The topological polar surface area (TPSA) is 75.6 Å². The Bertz CT molecular complexity index is 462. The predicted molar refractivity (Wildman–Crippen MR) is 80.5 cm³/mol. The Balaban J connectivity index is 2.61. The Morgan fingerprint density at radius 2 is 2.11 bits per heavy atom. The summed E-state index contributed by atoms with van der Waals surface area (Å²) in [6.07, 6.45) is 1.12. The van der Waals surface area contributed by atoms with Crippen molar-refractivity contribution in [1.82, 2.24) is 0 Å². The molecule has 0 aliphatic heterocycles. The minimum atomic E-state index is -1.06. The molecule has 6 heteroatoms. The van der Waals surface area contributed by atoms with E-state index in [9.17, 15) is 9.59 Å². The maximum atomic E-state index is 11.6. The van der Waals surface area contributed by atoms with E-state index in [0.29, 0.717) is 18.9 Å². The smallest absolute Gasteiger partial charge is 0.337 e. The van der Waals surface area contributed by atoms with Crippen LogP contribution in [-0.2, 0) is 9.53 Å². The van der Waals surface area contributed by atoms with Crippen LogP contribution in [0.25, 0.3) is 0 Å². The van der Waals surface area contributed by atoms with Gasteiger partial charge in [0, 0.05) is 10.2 Å². The molecular formula is C13H16INO4. The largest absolute Gasteiger partial charge is 0.478 e. The van der Waals surface area contributed by atoms with E-state index in [1.807, 2.05) is 29.5 Å². The van der Waals surface area contributed by atoms with E-state index >= 15 is 0 Å². The lowest BCUT2D eigenvalue weighted by atomic mass is 10.2. The number of hydrogen-bond acceptors (Lipinski definition) is 3. The van der Waals surface area contributed by atoms with Crippen molar-refractivity contribution in [1.29, 1.82) is 0 Å². The van der Waals surface area contributed by atoms with Gasteiger partial charge in [-0.25, -0.2) is 4.79 Å². The lowest BCUT2D eigenvalue weighted by molar-refractivity contribution is -0.117. The molecule has 0 aliphatic carbocycles. The second-order valence-electron chi connectivity index (χ2n) is 3.91. The van der Waals surface area contributed by atoms with Gasteiger partial charge in [0.15, 0.2) is 0 Å². The molecule has 0 atom stereocenters. The molecule has 0 bridgehead atoms. The zero-order valence-electron chi connectivity index (χ0n) is 10.6.